The Labute approximate surface area is 374 Å². The maximum Gasteiger partial charge on any atom is 0.0720 e. The molecule has 11 aromatic rings. The largest absolute Gasteiger partial charge is 0.0720 e. The van der Waals surface area contributed by atoms with E-state index in [0.29, 0.717) is 0 Å². The molecule has 0 nitrogen and oxygen atoms in total. The molecule has 0 aromatic heterocycles. The highest BCUT2D eigenvalue weighted by atomic mass is 14.5. The second kappa shape index (κ2) is 13.9. The first-order valence-electron chi connectivity index (χ1n) is 22.6. The molecule has 13 rings (SSSR count). The molecule has 300 valence electrons. The second-order valence-electron chi connectivity index (χ2n) is 18.3. The predicted octanol–water partition coefficient (Wildman–Crippen LogP) is 16.8. The van der Waals surface area contributed by atoms with Gasteiger partial charge in [0, 0.05) is 5.41 Å². The van der Waals surface area contributed by atoms with E-state index in [1.807, 2.05) is 0 Å². The van der Waals surface area contributed by atoms with Gasteiger partial charge in [-0.1, -0.05) is 232 Å². The minimum atomic E-state index is -0.582. The van der Waals surface area contributed by atoms with Crippen LogP contribution in [-0.2, 0) is 10.8 Å². The number of hydrogen-bond donors (Lipinski definition) is 0. The molecular weight excluding hydrogens is 769 g/mol. The summed E-state index contributed by atoms with van der Waals surface area (Å²) in [7, 11) is 0. The highest BCUT2D eigenvalue weighted by molar-refractivity contribution is 6.15. The molecule has 0 N–H and O–H groups in total. The van der Waals surface area contributed by atoms with Gasteiger partial charge in [-0.2, -0.15) is 0 Å². The monoisotopic (exact) mass is 812 g/mol. The van der Waals surface area contributed by atoms with Gasteiger partial charge < -0.3 is 0 Å². The molecule has 0 bridgehead atoms. The Kier molecular flexibility index (Phi) is 7.97. The van der Waals surface area contributed by atoms with Crippen LogP contribution in [0.1, 0.15) is 47.2 Å². The molecule has 0 fully saturated rings. The van der Waals surface area contributed by atoms with Gasteiger partial charge in [0.1, 0.15) is 0 Å². The molecule has 0 unspecified atom stereocenters. The van der Waals surface area contributed by atoms with E-state index < -0.39 is 5.41 Å². The van der Waals surface area contributed by atoms with Gasteiger partial charge >= 0.3 is 0 Å². The van der Waals surface area contributed by atoms with Crippen LogP contribution in [0.25, 0.3) is 88.0 Å². The minimum absolute atomic E-state index is 0.203. The summed E-state index contributed by atoms with van der Waals surface area (Å²) >= 11 is 0. The smallest absolute Gasteiger partial charge is 0.0622 e. The molecule has 0 heteroatoms. The van der Waals surface area contributed by atoms with Crippen molar-refractivity contribution in [2.75, 3.05) is 0 Å². The number of hydrogen-bond acceptors (Lipinski definition) is 0. The van der Waals surface area contributed by atoms with Gasteiger partial charge in [0.15, 0.2) is 0 Å². The summed E-state index contributed by atoms with van der Waals surface area (Å²) in [5.74, 6) is 0. The summed E-state index contributed by atoms with van der Waals surface area (Å²) in [6, 6.07) is 86.7. The SMILES string of the molecule is CC1(C)c2ccccc2C2(c3cc(-c4ccc(-c5ccccc5)c5ccccc45)ccc3-c3c2cc(-c2ccc(-c4ccccc4)c4ccccc24)c2ccccc32)c2ccccc21. The van der Waals surface area contributed by atoms with Crippen LogP contribution in [0.5, 0.6) is 0 Å². The summed E-state index contributed by atoms with van der Waals surface area (Å²) in [4.78, 5) is 0. The summed E-state index contributed by atoms with van der Waals surface area (Å²) < 4.78 is 0. The summed E-state index contributed by atoms with van der Waals surface area (Å²) in [5.41, 5.74) is 20.0. The Morgan fingerprint density at radius 3 is 1.12 bits per heavy atom. The van der Waals surface area contributed by atoms with Crippen molar-refractivity contribution in [3.8, 4) is 55.6 Å². The molecule has 2 aliphatic carbocycles. The van der Waals surface area contributed by atoms with Crippen molar-refractivity contribution in [3.05, 3.63) is 264 Å². The fourth-order valence-corrected chi connectivity index (χ4v) is 12.0. The van der Waals surface area contributed by atoms with Gasteiger partial charge in [-0.3, -0.25) is 0 Å². The van der Waals surface area contributed by atoms with E-state index in [0.717, 1.165) is 0 Å². The van der Waals surface area contributed by atoms with Crippen LogP contribution in [0, 0.1) is 0 Å². The lowest BCUT2D eigenvalue weighted by Crippen LogP contribution is -2.40. The lowest BCUT2D eigenvalue weighted by atomic mass is 9.55. The molecule has 64 heavy (non-hydrogen) atoms. The number of fused-ring (bicyclic) bond motifs is 13. The van der Waals surface area contributed by atoms with Crippen molar-refractivity contribution in [1.82, 2.24) is 0 Å². The molecule has 2 aliphatic rings. The molecule has 0 atom stereocenters. The second-order valence-corrected chi connectivity index (χ2v) is 18.3. The topological polar surface area (TPSA) is 0 Å². The Morgan fingerprint density at radius 1 is 0.234 bits per heavy atom. The standard InChI is InChI=1S/C64H44/c1-63(2)56-29-15-17-31-58(56)64(59-32-18-16-30-57(59)63)60-39-43(46-36-35-44(41-19-5-3-6-20-41)47-23-9-10-25-49(46)47)33-34-54(60)62-53-28-14-13-27-51(53)55(40-61(62)64)52-38-37-45(42-21-7-4-8-22-42)48-24-11-12-26-50(48)52/h3-40H,1-2H3. The molecule has 11 aromatic carbocycles. The average Bonchev–Trinajstić information content (AvgIpc) is 3.65. The van der Waals surface area contributed by atoms with Crippen LogP contribution in [0.4, 0.5) is 0 Å². The first kappa shape index (κ1) is 36.8. The third kappa shape index (κ3) is 5.06. The highest BCUT2D eigenvalue weighted by Crippen LogP contribution is 2.64. The van der Waals surface area contributed by atoms with E-state index in [4.69, 9.17) is 0 Å². The van der Waals surface area contributed by atoms with Crippen molar-refractivity contribution < 1.29 is 0 Å². The molecule has 1 spiro atoms. The molecule has 0 saturated carbocycles. The third-order valence-electron chi connectivity index (χ3n) is 14.8. The van der Waals surface area contributed by atoms with E-state index in [1.165, 1.54) is 121 Å². The summed E-state index contributed by atoms with van der Waals surface area (Å²) in [6.45, 7) is 4.83. The Hall–Kier alpha value is -7.80. The molecule has 0 radical (unpaired) electrons. The maximum absolute atomic E-state index is 2.59. The Balaban J connectivity index is 1.14. The van der Waals surface area contributed by atoms with Gasteiger partial charge in [0.2, 0.25) is 0 Å². The van der Waals surface area contributed by atoms with Crippen LogP contribution in [0.15, 0.2) is 231 Å². The zero-order valence-electron chi connectivity index (χ0n) is 35.9. The van der Waals surface area contributed by atoms with Gasteiger partial charge in [-0.25, -0.2) is 0 Å². The molecule has 0 aliphatic heterocycles. The summed E-state index contributed by atoms with van der Waals surface area (Å²) in [6.07, 6.45) is 0. The van der Waals surface area contributed by atoms with Crippen molar-refractivity contribution >= 4 is 32.3 Å². The number of rotatable bonds is 4. The zero-order chi connectivity index (χ0) is 42.6. The van der Waals surface area contributed by atoms with Crippen molar-refractivity contribution in [2.45, 2.75) is 24.7 Å². The maximum atomic E-state index is 2.59. The first-order chi connectivity index (χ1) is 31.5. The lowest BCUT2D eigenvalue weighted by Gasteiger charge is -2.46. The Bertz CT molecular complexity index is 3630. The van der Waals surface area contributed by atoms with E-state index in [1.54, 1.807) is 0 Å². The Morgan fingerprint density at radius 2 is 0.609 bits per heavy atom. The van der Waals surface area contributed by atoms with Crippen molar-refractivity contribution in [3.63, 3.8) is 0 Å². The molecule has 0 heterocycles. The van der Waals surface area contributed by atoms with Crippen molar-refractivity contribution in [1.29, 1.82) is 0 Å². The van der Waals surface area contributed by atoms with E-state index in [9.17, 15) is 0 Å². The quantitative estimate of drug-likeness (QED) is 0.166. The van der Waals surface area contributed by atoms with Crippen LogP contribution in [0.2, 0.25) is 0 Å². The van der Waals surface area contributed by atoms with E-state index in [-0.39, 0.29) is 5.41 Å². The van der Waals surface area contributed by atoms with E-state index >= 15 is 0 Å². The van der Waals surface area contributed by atoms with Gasteiger partial charge in [-0.15, -0.1) is 0 Å². The summed E-state index contributed by atoms with van der Waals surface area (Å²) in [5, 5.41) is 7.61. The normalized spacial score (nSPS) is 14.0. The zero-order valence-corrected chi connectivity index (χ0v) is 35.9. The van der Waals surface area contributed by atoms with Crippen LogP contribution in [0.3, 0.4) is 0 Å². The molecular formula is C64H44. The van der Waals surface area contributed by atoms with Gasteiger partial charge in [0.25, 0.3) is 0 Å². The average molecular weight is 813 g/mol. The third-order valence-corrected chi connectivity index (χ3v) is 14.8. The van der Waals surface area contributed by atoms with Crippen LogP contribution >= 0.6 is 0 Å². The number of benzene rings is 11. The van der Waals surface area contributed by atoms with Crippen LogP contribution in [-0.4, -0.2) is 0 Å². The van der Waals surface area contributed by atoms with E-state index in [2.05, 4.69) is 244 Å². The molecule has 0 saturated heterocycles. The first-order valence-corrected chi connectivity index (χ1v) is 22.6. The minimum Gasteiger partial charge on any atom is -0.0622 e. The predicted molar refractivity (Wildman–Crippen MR) is 270 cm³/mol. The fraction of sp³-hybridized carbons (Fsp3) is 0.0625. The fourth-order valence-electron chi connectivity index (χ4n) is 12.0. The van der Waals surface area contributed by atoms with Gasteiger partial charge in [0.05, 0.1) is 5.41 Å². The lowest BCUT2D eigenvalue weighted by molar-refractivity contribution is 0.563. The van der Waals surface area contributed by atoms with Crippen LogP contribution < -0.4 is 0 Å². The van der Waals surface area contributed by atoms with Crippen molar-refractivity contribution in [2.24, 2.45) is 0 Å². The molecule has 0 amide bonds. The highest BCUT2D eigenvalue weighted by Gasteiger charge is 2.54. The van der Waals surface area contributed by atoms with Gasteiger partial charge in [-0.05, 0) is 133 Å².